The van der Waals surface area contributed by atoms with Crippen molar-refractivity contribution in [2.45, 2.75) is 0 Å². The van der Waals surface area contributed by atoms with Crippen molar-refractivity contribution in [2.75, 3.05) is 4.90 Å². The van der Waals surface area contributed by atoms with Crippen molar-refractivity contribution in [3.8, 4) is 33.4 Å². The highest BCUT2D eigenvalue weighted by Crippen LogP contribution is 2.44. The van der Waals surface area contributed by atoms with Crippen LogP contribution in [0.5, 0.6) is 0 Å². The average Bonchev–Trinajstić information content (AvgIpc) is 3.65. The van der Waals surface area contributed by atoms with Crippen LogP contribution < -0.4 is 4.90 Å². The number of thiophene rings is 1. The highest BCUT2D eigenvalue weighted by Gasteiger charge is 2.19. The van der Waals surface area contributed by atoms with Crippen molar-refractivity contribution in [1.82, 2.24) is 0 Å². The van der Waals surface area contributed by atoms with Gasteiger partial charge in [0.15, 0.2) is 0 Å². The molecule has 0 aliphatic carbocycles. The van der Waals surface area contributed by atoms with Crippen molar-refractivity contribution in [3.63, 3.8) is 0 Å². The summed E-state index contributed by atoms with van der Waals surface area (Å²) in [6.45, 7) is 0. The second-order valence-corrected chi connectivity index (χ2v) is 15.6. The number of nitrogens with zero attached hydrogens (tertiary/aromatic N) is 1. The van der Waals surface area contributed by atoms with E-state index >= 15 is 0 Å². The van der Waals surface area contributed by atoms with Gasteiger partial charge >= 0.3 is 0 Å². The second-order valence-electron chi connectivity index (χ2n) is 14.5. The minimum atomic E-state index is 1.10. The van der Waals surface area contributed by atoms with E-state index in [1.807, 2.05) is 11.3 Å². The maximum atomic E-state index is 2.41. The van der Waals surface area contributed by atoms with Gasteiger partial charge in [0.25, 0.3) is 0 Å². The smallest absolute Gasteiger partial charge is 0.0540 e. The molecule has 262 valence electrons. The van der Waals surface area contributed by atoms with Gasteiger partial charge in [0.2, 0.25) is 0 Å². The predicted octanol–water partition coefficient (Wildman–Crippen LogP) is 16.0. The van der Waals surface area contributed by atoms with E-state index < -0.39 is 0 Å². The van der Waals surface area contributed by atoms with Gasteiger partial charge in [-0.25, -0.2) is 0 Å². The van der Waals surface area contributed by atoms with E-state index in [9.17, 15) is 0 Å². The van der Waals surface area contributed by atoms with Crippen molar-refractivity contribution in [3.05, 3.63) is 212 Å². The highest BCUT2D eigenvalue weighted by atomic mass is 32.1. The number of para-hydroxylation sites is 1. The van der Waals surface area contributed by atoms with E-state index in [0.29, 0.717) is 0 Å². The molecule has 0 bridgehead atoms. The van der Waals surface area contributed by atoms with E-state index in [0.717, 1.165) is 17.1 Å². The van der Waals surface area contributed by atoms with Crippen molar-refractivity contribution >= 4 is 80.9 Å². The standard InChI is InChI=1S/C54H35NS/c1-2-12-39-33-42(22-21-36(39)11-1)46-15-7-9-19-52(46)55(43-28-23-37(24-29-43)40-27-32-50-49-18-8-10-20-53(49)56-54(50)35-40)44-30-25-38(26-31-44)51-34-41-13-3-4-14-45(41)47-16-5-6-17-48(47)51/h1-35H. The highest BCUT2D eigenvalue weighted by molar-refractivity contribution is 7.25. The molecule has 0 spiro atoms. The molecule has 0 unspecified atom stereocenters. The molecule has 0 saturated carbocycles. The molecule has 56 heavy (non-hydrogen) atoms. The maximum absolute atomic E-state index is 2.41. The molecule has 2 heteroatoms. The Morgan fingerprint density at radius 1 is 0.286 bits per heavy atom. The molecular formula is C54H35NS. The van der Waals surface area contributed by atoms with Crippen molar-refractivity contribution in [1.29, 1.82) is 0 Å². The van der Waals surface area contributed by atoms with Gasteiger partial charge in [-0.3, -0.25) is 0 Å². The minimum absolute atomic E-state index is 1.10. The first-order valence-electron chi connectivity index (χ1n) is 19.2. The fraction of sp³-hybridized carbons (Fsp3) is 0. The van der Waals surface area contributed by atoms with Crippen LogP contribution in [0.2, 0.25) is 0 Å². The molecule has 0 saturated heterocycles. The van der Waals surface area contributed by atoms with E-state index in [1.54, 1.807) is 0 Å². The number of benzene rings is 10. The second kappa shape index (κ2) is 13.4. The zero-order valence-corrected chi connectivity index (χ0v) is 31.4. The maximum Gasteiger partial charge on any atom is 0.0540 e. The molecule has 11 rings (SSSR count). The first-order valence-corrected chi connectivity index (χ1v) is 20.0. The van der Waals surface area contributed by atoms with Crippen molar-refractivity contribution < 1.29 is 0 Å². The molecule has 1 nitrogen and oxygen atoms in total. The van der Waals surface area contributed by atoms with E-state index in [1.165, 1.54) is 85.9 Å². The Hall–Kier alpha value is -7.00. The molecule has 0 amide bonds. The molecule has 0 fully saturated rings. The fourth-order valence-electron chi connectivity index (χ4n) is 8.49. The lowest BCUT2D eigenvalue weighted by molar-refractivity contribution is 1.28. The van der Waals surface area contributed by atoms with Gasteiger partial charge in [0.1, 0.15) is 0 Å². The molecule has 0 atom stereocenters. The zero-order chi connectivity index (χ0) is 37.0. The third kappa shape index (κ3) is 5.54. The summed E-state index contributed by atoms with van der Waals surface area (Å²) >= 11 is 1.87. The lowest BCUT2D eigenvalue weighted by atomic mass is 9.93. The lowest BCUT2D eigenvalue weighted by Crippen LogP contribution is -2.11. The third-order valence-electron chi connectivity index (χ3n) is 11.2. The SMILES string of the molecule is c1ccc(N(c2ccc(-c3ccc4c(c3)sc3ccccc34)cc2)c2ccc(-c3cc4ccccc4c4ccccc34)cc2)c(-c2ccc3ccccc3c2)c1. The Morgan fingerprint density at radius 2 is 0.857 bits per heavy atom. The summed E-state index contributed by atoms with van der Waals surface area (Å²) in [5.74, 6) is 0. The normalized spacial score (nSPS) is 11.6. The Balaban J connectivity index is 1.04. The van der Waals surface area contributed by atoms with E-state index in [4.69, 9.17) is 0 Å². The number of fused-ring (bicyclic) bond motifs is 7. The average molecular weight is 730 g/mol. The van der Waals surface area contributed by atoms with Gasteiger partial charge in [-0.05, 0) is 115 Å². The van der Waals surface area contributed by atoms with Crippen LogP contribution in [0.1, 0.15) is 0 Å². The third-order valence-corrected chi connectivity index (χ3v) is 12.4. The largest absolute Gasteiger partial charge is 0.310 e. The molecule has 0 aliphatic rings. The zero-order valence-electron chi connectivity index (χ0n) is 30.6. The fourth-order valence-corrected chi connectivity index (χ4v) is 9.63. The Morgan fingerprint density at radius 3 is 1.66 bits per heavy atom. The van der Waals surface area contributed by atoms with Crippen LogP contribution in [-0.2, 0) is 0 Å². The van der Waals surface area contributed by atoms with Crippen LogP contribution in [0.3, 0.4) is 0 Å². The summed E-state index contributed by atoms with van der Waals surface area (Å²) in [4.78, 5) is 2.41. The van der Waals surface area contributed by atoms with Crippen LogP contribution in [0.15, 0.2) is 212 Å². The Kier molecular flexibility index (Phi) is 7.75. The Bertz CT molecular complexity index is 3250. The van der Waals surface area contributed by atoms with Gasteiger partial charge in [0, 0.05) is 37.1 Å². The Labute approximate surface area is 330 Å². The van der Waals surface area contributed by atoms with E-state index in [-0.39, 0.29) is 0 Å². The van der Waals surface area contributed by atoms with Gasteiger partial charge in [-0.2, -0.15) is 0 Å². The monoisotopic (exact) mass is 729 g/mol. The number of hydrogen-bond donors (Lipinski definition) is 0. The molecule has 10 aromatic carbocycles. The van der Waals surface area contributed by atoms with Crippen LogP contribution in [0.4, 0.5) is 17.1 Å². The quantitative estimate of drug-likeness (QED) is 0.154. The number of rotatable bonds is 6. The summed E-state index contributed by atoms with van der Waals surface area (Å²) in [5.41, 5.74) is 10.6. The number of hydrogen-bond acceptors (Lipinski definition) is 2. The van der Waals surface area contributed by atoms with Gasteiger partial charge in [-0.1, -0.05) is 158 Å². The van der Waals surface area contributed by atoms with Gasteiger partial charge in [0.05, 0.1) is 5.69 Å². The van der Waals surface area contributed by atoms with E-state index in [2.05, 4.69) is 217 Å². The molecule has 0 radical (unpaired) electrons. The first-order chi connectivity index (χ1) is 27.7. The van der Waals surface area contributed by atoms with Crippen LogP contribution in [0.25, 0.3) is 85.9 Å². The minimum Gasteiger partial charge on any atom is -0.310 e. The molecule has 11 aromatic rings. The molecular weight excluding hydrogens is 695 g/mol. The van der Waals surface area contributed by atoms with Crippen LogP contribution >= 0.6 is 11.3 Å². The summed E-state index contributed by atoms with van der Waals surface area (Å²) in [5, 5.41) is 10.2. The summed E-state index contributed by atoms with van der Waals surface area (Å²) in [6, 6.07) is 77.8. The predicted molar refractivity (Wildman–Crippen MR) is 243 cm³/mol. The summed E-state index contributed by atoms with van der Waals surface area (Å²) < 4.78 is 2.65. The van der Waals surface area contributed by atoms with Gasteiger partial charge < -0.3 is 4.90 Å². The van der Waals surface area contributed by atoms with Crippen molar-refractivity contribution in [2.24, 2.45) is 0 Å². The first kappa shape index (κ1) is 32.4. The summed E-state index contributed by atoms with van der Waals surface area (Å²) in [7, 11) is 0. The lowest BCUT2D eigenvalue weighted by Gasteiger charge is -2.28. The topological polar surface area (TPSA) is 3.24 Å². The summed E-state index contributed by atoms with van der Waals surface area (Å²) in [6.07, 6.45) is 0. The molecule has 1 aromatic heterocycles. The molecule has 0 N–H and O–H groups in total. The molecule has 1 heterocycles. The van der Waals surface area contributed by atoms with Gasteiger partial charge in [-0.15, -0.1) is 11.3 Å². The molecule has 0 aliphatic heterocycles. The van der Waals surface area contributed by atoms with Crippen LogP contribution in [0, 0.1) is 0 Å². The number of anilines is 3. The van der Waals surface area contributed by atoms with Crippen LogP contribution in [-0.4, -0.2) is 0 Å².